The fraction of sp³-hybridized carbons (Fsp3) is 0.400. The van der Waals surface area contributed by atoms with E-state index in [1.165, 1.54) is 12.1 Å². The number of nitrogens with one attached hydrogen (secondary N) is 1. The Kier molecular flexibility index (Phi) is 6.02. The van der Waals surface area contributed by atoms with Gasteiger partial charge < -0.3 is 4.74 Å². The molecule has 5 heteroatoms. The number of allylic oxidation sites excluding steroid dienone is 1. The predicted molar refractivity (Wildman–Crippen MR) is 80.6 cm³/mol. The van der Waals surface area contributed by atoms with Gasteiger partial charge in [-0.05, 0) is 44.9 Å². The largest absolute Gasteiger partial charge is 0.444 e. The van der Waals surface area contributed by atoms with Crippen molar-refractivity contribution in [2.45, 2.75) is 32.8 Å². The molecule has 0 aromatic heterocycles. The fourth-order valence-corrected chi connectivity index (χ4v) is 1.56. The number of hydrogen-bond acceptors (Lipinski definition) is 2. The van der Waals surface area contributed by atoms with Crippen LogP contribution in [0.4, 0.5) is 14.9 Å². The number of amides is 1. The summed E-state index contributed by atoms with van der Waals surface area (Å²) in [6.07, 6.45) is 3.69. The van der Waals surface area contributed by atoms with Gasteiger partial charge in [0.1, 0.15) is 11.4 Å². The molecule has 0 aliphatic carbocycles. The van der Waals surface area contributed by atoms with Crippen molar-refractivity contribution in [2.75, 3.05) is 11.2 Å². The smallest absolute Gasteiger partial charge is 0.412 e. The lowest BCUT2D eigenvalue weighted by Gasteiger charge is -2.19. The van der Waals surface area contributed by atoms with Crippen molar-refractivity contribution in [3.8, 4) is 0 Å². The van der Waals surface area contributed by atoms with Crippen molar-refractivity contribution in [3.05, 3.63) is 35.7 Å². The minimum absolute atomic E-state index is 0.0914. The summed E-state index contributed by atoms with van der Waals surface area (Å²) in [6.45, 7) is 5.23. The normalized spacial score (nSPS) is 11.7. The van der Waals surface area contributed by atoms with Crippen molar-refractivity contribution < 1.29 is 13.9 Å². The molecule has 0 unspecified atom stereocenters. The molecule has 0 saturated carbocycles. The van der Waals surface area contributed by atoms with Gasteiger partial charge in [-0.3, -0.25) is 5.32 Å². The van der Waals surface area contributed by atoms with E-state index in [1.807, 2.05) is 6.08 Å². The van der Waals surface area contributed by atoms with Crippen LogP contribution in [-0.4, -0.2) is 17.6 Å². The molecule has 0 atom stereocenters. The number of hydrogen-bond donors (Lipinski definition) is 1. The van der Waals surface area contributed by atoms with Gasteiger partial charge in [0.2, 0.25) is 0 Å². The van der Waals surface area contributed by atoms with Gasteiger partial charge >= 0.3 is 6.09 Å². The van der Waals surface area contributed by atoms with Crippen molar-refractivity contribution in [1.82, 2.24) is 0 Å². The van der Waals surface area contributed by atoms with Crippen LogP contribution in [0.15, 0.2) is 24.3 Å². The van der Waals surface area contributed by atoms with Gasteiger partial charge in [0.25, 0.3) is 0 Å². The second-order valence-corrected chi connectivity index (χ2v) is 5.62. The first kappa shape index (κ1) is 16.5. The van der Waals surface area contributed by atoms with Gasteiger partial charge in [-0.25, -0.2) is 9.18 Å². The lowest BCUT2D eigenvalue weighted by molar-refractivity contribution is 0.0635. The molecule has 0 saturated heterocycles. The first-order valence-corrected chi connectivity index (χ1v) is 6.87. The van der Waals surface area contributed by atoms with Gasteiger partial charge in [-0.1, -0.05) is 18.2 Å². The fourth-order valence-electron chi connectivity index (χ4n) is 1.43. The summed E-state index contributed by atoms with van der Waals surface area (Å²) >= 11 is 5.55. The third-order valence-corrected chi connectivity index (χ3v) is 2.43. The maximum Gasteiger partial charge on any atom is 0.412 e. The molecule has 3 nitrogen and oxygen atoms in total. The minimum atomic E-state index is -0.679. The topological polar surface area (TPSA) is 38.3 Å². The van der Waals surface area contributed by atoms with Gasteiger partial charge in [0.15, 0.2) is 0 Å². The molecule has 0 bridgehead atoms. The van der Waals surface area contributed by atoms with E-state index in [4.69, 9.17) is 16.3 Å². The number of carbonyl (C=O) groups is 1. The molecular weight excluding hydrogens is 281 g/mol. The van der Waals surface area contributed by atoms with E-state index in [0.29, 0.717) is 11.4 Å². The van der Waals surface area contributed by atoms with Crippen molar-refractivity contribution in [3.63, 3.8) is 0 Å². The average Bonchev–Trinajstić information content (AvgIpc) is 2.30. The third-order valence-electron chi connectivity index (χ3n) is 2.21. The highest BCUT2D eigenvalue weighted by atomic mass is 35.5. The lowest BCUT2D eigenvalue weighted by Crippen LogP contribution is -2.27. The number of alkyl halides is 1. The molecule has 1 N–H and O–H groups in total. The summed E-state index contributed by atoms with van der Waals surface area (Å²) in [6, 6.07) is 4.55. The zero-order chi connectivity index (χ0) is 15.2. The summed E-state index contributed by atoms with van der Waals surface area (Å²) < 4.78 is 18.9. The summed E-state index contributed by atoms with van der Waals surface area (Å²) in [5.41, 5.74) is 0.182. The van der Waals surface area contributed by atoms with Gasteiger partial charge in [0.05, 0.1) is 5.69 Å². The molecular formula is C15H19ClFNO2. The predicted octanol–water partition coefficient (Wildman–Crippen LogP) is 4.81. The molecule has 1 aromatic carbocycles. The Morgan fingerprint density at radius 2 is 2.15 bits per heavy atom. The highest BCUT2D eigenvalue weighted by Gasteiger charge is 2.17. The maximum absolute atomic E-state index is 13.8. The van der Waals surface area contributed by atoms with E-state index in [2.05, 4.69) is 5.32 Å². The number of halogens is 2. The molecule has 1 amide bonds. The standard InChI is InChI=1S/C15H19ClFNO2/c1-15(2,3)20-14(19)18-13-8-7-11(10-12(13)17)6-4-5-9-16/h4,6-8,10H,5,9H2,1-3H3,(H,18,19). The Morgan fingerprint density at radius 3 is 2.70 bits per heavy atom. The summed E-state index contributed by atoms with van der Waals surface area (Å²) in [4.78, 5) is 11.5. The molecule has 20 heavy (non-hydrogen) atoms. The molecule has 0 fully saturated rings. The van der Waals surface area contributed by atoms with E-state index in [-0.39, 0.29) is 5.69 Å². The zero-order valence-electron chi connectivity index (χ0n) is 11.9. The number of benzene rings is 1. The van der Waals surface area contributed by atoms with E-state index in [0.717, 1.165) is 6.42 Å². The molecule has 0 radical (unpaired) electrons. The van der Waals surface area contributed by atoms with E-state index >= 15 is 0 Å². The summed E-state index contributed by atoms with van der Waals surface area (Å²) in [5.74, 6) is 0.0148. The lowest BCUT2D eigenvalue weighted by atomic mass is 10.1. The third kappa shape index (κ3) is 6.06. The monoisotopic (exact) mass is 299 g/mol. The van der Waals surface area contributed by atoms with Gasteiger partial charge in [0, 0.05) is 5.88 Å². The van der Waals surface area contributed by atoms with E-state index in [9.17, 15) is 9.18 Å². The minimum Gasteiger partial charge on any atom is -0.444 e. The van der Waals surface area contributed by atoms with Crippen LogP contribution in [0, 0.1) is 5.82 Å². The van der Waals surface area contributed by atoms with Crippen LogP contribution < -0.4 is 5.32 Å². The van der Waals surface area contributed by atoms with Crippen LogP contribution in [-0.2, 0) is 4.74 Å². The van der Waals surface area contributed by atoms with Crippen LogP contribution in [0.25, 0.3) is 6.08 Å². The zero-order valence-corrected chi connectivity index (χ0v) is 12.6. The first-order valence-electron chi connectivity index (χ1n) is 6.34. The molecule has 1 rings (SSSR count). The second kappa shape index (κ2) is 7.29. The number of anilines is 1. The second-order valence-electron chi connectivity index (χ2n) is 5.25. The van der Waals surface area contributed by atoms with Crippen LogP contribution in [0.5, 0.6) is 0 Å². The quantitative estimate of drug-likeness (QED) is 0.810. The molecule has 0 aliphatic heterocycles. The summed E-state index contributed by atoms with van der Waals surface area (Å²) in [5, 5.41) is 2.38. The number of rotatable bonds is 4. The van der Waals surface area contributed by atoms with Crippen LogP contribution in [0.2, 0.25) is 0 Å². The summed E-state index contributed by atoms with van der Waals surface area (Å²) in [7, 11) is 0. The molecule has 0 aliphatic rings. The highest BCUT2D eigenvalue weighted by molar-refractivity contribution is 6.17. The van der Waals surface area contributed by atoms with Crippen LogP contribution >= 0.6 is 11.6 Å². The SMILES string of the molecule is CC(C)(C)OC(=O)Nc1ccc(C=CCCCl)cc1F. The van der Waals surface area contributed by atoms with Crippen molar-refractivity contribution >= 4 is 29.5 Å². The Morgan fingerprint density at radius 1 is 1.45 bits per heavy atom. The molecule has 0 spiro atoms. The Balaban J connectivity index is 2.71. The molecule has 1 aromatic rings. The van der Waals surface area contributed by atoms with Crippen molar-refractivity contribution in [2.24, 2.45) is 0 Å². The van der Waals surface area contributed by atoms with E-state index < -0.39 is 17.5 Å². The number of carbonyl (C=O) groups excluding carboxylic acids is 1. The van der Waals surface area contributed by atoms with Crippen LogP contribution in [0.1, 0.15) is 32.8 Å². The Bertz CT molecular complexity index is 495. The Labute approximate surface area is 123 Å². The van der Waals surface area contributed by atoms with Crippen LogP contribution in [0.3, 0.4) is 0 Å². The highest BCUT2D eigenvalue weighted by Crippen LogP contribution is 2.18. The van der Waals surface area contributed by atoms with Crippen molar-refractivity contribution in [1.29, 1.82) is 0 Å². The Hall–Kier alpha value is -1.55. The average molecular weight is 300 g/mol. The van der Waals surface area contributed by atoms with E-state index in [1.54, 1.807) is 32.9 Å². The maximum atomic E-state index is 13.8. The molecule has 0 heterocycles. The van der Waals surface area contributed by atoms with Gasteiger partial charge in [-0.2, -0.15) is 0 Å². The first-order chi connectivity index (χ1) is 9.31. The van der Waals surface area contributed by atoms with Gasteiger partial charge in [-0.15, -0.1) is 11.6 Å². The molecule has 110 valence electrons. The number of ether oxygens (including phenoxy) is 1.